The van der Waals surface area contributed by atoms with E-state index in [1.807, 2.05) is 0 Å². The Kier molecular flexibility index (Phi) is 4.17. The summed E-state index contributed by atoms with van der Waals surface area (Å²) in [5.74, 6) is -0.479. The van der Waals surface area contributed by atoms with E-state index in [1.165, 1.54) is 13.2 Å². The molecule has 0 aliphatic carbocycles. The molecule has 6 nitrogen and oxygen atoms in total. The lowest BCUT2D eigenvalue weighted by atomic mass is 10.0. The summed E-state index contributed by atoms with van der Waals surface area (Å²) < 4.78 is 29.9. The third-order valence-corrected chi connectivity index (χ3v) is 3.71. The van der Waals surface area contributed by atoms with Gasteiger partial charge in [-0.3, -0.25) is 4.72 Å². The number of sulfonamides is 1. The van der Waals surface area contributed by atoms with Crippen LogP contribution in [-0.4, -0.2) is 34.3 Å². The first-order chi connectivity index (χ1) is 9.40. The highest BCUT2D eigenvalue weighted by molar-refractivity contribution is 7.92. The molecule has 2 N–H and O–H groups in total. The van der Waals surface area contributed by atoms with Gasteiger partial charge >= 0.3 is 5.97 Å². The van der Waals surface area contributed by atoms with E-state index in [1.54, 1.807) is 6.07 Å². The Morgan fingerprint density at radius 1 is 1.35 bits per heavy atom. The summed E-state index contributed by atoms with van der Waals surface area (Å²) in [6.45, 7) is 0.788. The van der Waals surface area contributed by atoms with Gasteiger partial charge in [0.1, 0.15) is 0 Å². The Bertz CT molecular complexity index is 626. The largest absolute Gasteiger partial charge is 0.465 e. The Morgan fingerprint density at radius 2 is 2.10 bits per heavy atom. The molecule has 0 aromatic heterocycles. The second-order valence-corrected chi connectivity index (χ2v) is 6.56. The number of carbonyl (C=O) groups is 1. The first kappa shape index (κ1) is 14.6. The van der Waals surface area contributed by atoms with Crippen LogP contribution in [0.15, 0.2) is 12.1 Å². The molecule has 0 radical (unpaired) electrons. The van der Waals surface area contributed by atoms with Crippen molar-refractivity contribution in [2.24, 2.45) is 0 Å². The van der Waals surface area contributed by atoms with Gasteiger partial charge in [0.15, 0.2) is 0 Å². The SMILES string of the molecule is COC(=O)c1cc(NS(C)(=O)=O)cc2c1NCCCC2. The molecule has 0 atom stereocenters. The third kappa shape index (κ3) is 3.41. The molecular formula is C13H18N2O4S. The zero-order chi connectivity index (χ0) is 14.8. The number of carbonyl (C=O) groups excluding carboxylic acids is 1. The normalized spacial score (nSPS) is 14.7. The van der Waals surface area contributed by atoms with Gasteiger partial charge < -0.3 is 10.1 Å². The lowest BCUT2D eigenvalue weighted by molar-refractivity contribution is 0.0602. The van der Waals surface area contributed by atoms with Crippen molar-refractivity contribution in [3.8, 4) is 0 Å². The van der Waals surface area contributed by atoms with E-state index in [-0.39, 0.29) is 0 Å². The van der Waals surface area contributed by atoms with Gasteiger partial charge in [-0.1, -0.05) is 0 Å². The van der Waals surface area contributed by atoms with Crippen molar-refractivity contribution in [2.45, 2.75) is 19.3 Å². The van der Waals surface area contributed by atoms with Crippen molar-refractivity contribution in [1.29, 1.82) is 0 Å². The molecule has 110 valence electrons. The molecule has 1 aliphatic heterocycles. The number of ether oxygens (including phenoxy) is 1. The van der Waals surface area contributed by atoms with Crippen molar-refractivity contribution >= 4 is 27.4 Å². The molecule has 0 fully saturated rings. The summed E-state index contributed by atoms with van der Waals surface area (Å²) in [6, 6.07) is 3.27. The summed E-state index contributed by atoms with van der Waals surface area (Å²) in [4.78, 5) is 11.9. The van der Waals surface area contributed by atoms with Gasteiger partial charge in [0, 0.05) is 12.2 Å². The number of esters is 1. The van der Waals surface area contributed by atoms with Crippen LogP contribution in [0.4, 0.5) is 11.4 Å². The maximum absolute atomic E-state index is 11.9. The first-order valence-corrected chi connectivity index (χ1v) is 8.27. The van der Waals surface area contributed by atoms with Gasteiger partial charge in [0.05, 0.1) is 24.6 Å². The van der Waals surface area contributed by atoms with Crippen LogP contribution in [0.1, 0.15) is 28.8 Å². The number of rotatable bonds is 3. The second kappa shape index (κ2) is 5.70. The molecule has 0 spiro atoms. The number of nitrogens with one attached hydrogen (secondary N) is 2. The Morgan fingerprint density at radius 3 is 2.75 bits per heavy atom. The van der Waals surface area contributed by atoms with Crippen molar-refractivity contribution in [2.75, 3.05) is 29.9 Å². The fourth-order valence-corrected chi connectivity index (χ4v) is 2.85. The van der Waals surface area contributed by atoms with Crippen LogP contribution < -0.4 is 10.0 Å². The molecule has 0 saturated carbocycles. The number of fused-ring (bicyclic) bond motifs is 1. The lowest BCUT2D eigenvalue weighted by Gasteiger charge is -2.15. The molecule has 2 rings (SSSR count). The maximum Gasteiger partial charge on any atom is 0.340 e. The first-order valence-electron chi connectivity index (χ1n) is 6.37. The van der Waals surface area contributed by atoms with Gasteiger partial charge in [-0.05, 0) is 37.0 Å². The highest BCUT2D eigenvalue weighted by Gasteiger charge is 2.19. The van der Waals surface area contributed by atoms with Gasteiger partial charge in [-0.25, -0.2) is 13.2 Å². The van der Waals surface area contributed by atoms with Crippen LogP contribution in [0.2, 0.25) is 0 Å². The van der Waals surface area contributed by atoms with Gasteiger partial charge in [0.2, 0.25) is 10.0 Å². The van der Waals surface area contributed by atoms with E-state index in [0.717, 1.165) is 43.3 Å². The van der Waals surface area contributed by atoms with Crippen LogP contribution in [0, 0.1) is 0 Å². The van der Waals surface area contributed by atoms with E-state index in [2.05, 4.69) is 10.0 Å². The predicted molar refractivity (Wildman–Crippen MR) is 77.7 cm³/mol. The smallest absolute Gasteiger partial charge is 0.340 e. The van der Waals surface area contributed by atoms with Gasteiger partial charge in [-0.15, -0.1) is 0 Å². The number of hydrogen-bond donors (Lipinski definition) is 2. The molecule has 1 heterocycles. The Hall–Kier alpha value is -1.76. The third-order valence-electron chi connectivity index (χ3n) is 3.10. The fourth-order valence-electron chi connectivity index (χ4n) is 2.31. The minimum atomic E-state index is -3.38. The van der Waals surface area contributed by atoms with Crippen LogP contribution in [0.3, 0.4) is 0 Å². The zero-order valence-electron chi connectivity index (χ0n) is 11.5. The van der Waals surface area contributed by atoms with Crippen LogP contribution in [0.25, 0.3) is 0 Å². The number of aryl methyl sites for hydroxylation is 1. The minimum Gasteiger partial charge on any atom is -0.465 e. The molecule has 20 heavy (non-hydrogen) atoms. The Balaban J connectivity index is 2.52. The van der Waals surface area contributed by atoms with E-state index in [0.29, 0.717) is 11.3 Å². The van der Waals surface area contributed by atoms with E-state index in [9.17, 15) is 13.2 Å². The molecule has 1 aromatic carbocycles. The molecule has 1 aliphatic rings. The van der Waals surface area contributed by atoms with Gasteiger partial charge in [-0.2, -0.15) is 0 Å². The minimum absolute atomic E-state index is 0.359. The summed E-state index contributed by atoms with van der Waals surface area (Å²) in [5, 5.41) is 3.22. The topological polar surface area (TPSA) is 84.5 Å². The highest BCUT2D eigenvalue weighted by atomic mass is 32.2. The second-order valence-electron chi connectivity index (χ2n) is 4.81. The number of benzene rings is 1. The number of methoxy groups -OCH3 is 1. The van der Waals surface area contributed by atoms with Crippen molar-refractivity contribution < 1.29 is 17.9 Å². The maximum atomic E-state index is 11.9. The highest BCUT2D eigenvalue weighted by Crippen LogP contribution is 2.30. The van der Waals surface area contributed by atoms with Crippen LogP contribution in [-0.2, 0) is 21.2 Å². The summed E-state index contributed by atoms with van der Waals surface area (Å²) in [7, 11) is -2.08. The molecular weight excluding hydrogens is 280 g/mol. The summed E-state index contributed by atoms with van der Waals surface area (Å²) in [6.07, 6.45) is 3.87. The zero-order valence-corrected chi connectivity index (χ0v) is 12.3. The Labute approximate surface area is 118 Å². The van der Waals surface area contributed by atoms with E-state index >= 15 is 0 Å². The van der Waals surface area contributed by atoms with Crippen molar-refractivity contribution in [3.05, 3.63) is 23.3 Å². The monoisotopic (exact) mass is 298 g/mol. The average molecular weight is 298 g/mol. The molecule has 0 amide bonds. The summed E-state index contributed by atoms with van der Waals surface area (Å²) in [5.41, 5.74) is 2.42. The summed E-state index contributed by atoms with van der Waals surface area (Å²) >= 11 is 0. The molecule has 0 unspecified atom stereocenters. The van der Waals surface area contributed by atoms with E-state index < -0.39 is 16.0 Å². The quantitative estimate of drug-likeness (QED) is 0.828. The van der Waals surface area contributed by atoms with Crippen LogP contribution in [0.5, 0.6) is 0 Å². The average Bonchev–Trinajstić information content (AvgIpc) is 2.60. The predicted octanol–water partition coefficient (Wildman–Crippen LogP) is 1.59. The molecule has 1 aromatic rings. The van der Waals surface area contributed by atoms with Crippen molar-refractivity contribution in [1.82, 2.24) is 0 Å². The molecule has 7 heteroatoms. The molecule has 0 bridgehead atoms. The lowest BCUT2D eigenvalue weighted by Crippen LogP contribution is -2.13. The van der Waals surface area contributed by atoms with Gasteiger partial charge in [0.25, 0.3) is 0 Å². The standard InChI is InChI=1S/C13H18N2O4S/c1-19-13(16)11-8-10(15-20(2,17)18)7-9-5-3-4-6-14-12(9)11/h7-8,14-15H,3-6H2,1-2H3. The van der Waals surface area contributed by atoms with E-state index in [4.69, 9.17) is 4.74 Å². The fraction of sp³-hybridized carbons (Fsp3) is 0.462. The number of anilines is 2. The number of hydrogen-bond acceptors (Lipinski definition) is 5. The van der Waals surface area contributed by atoms with Crippen LogP contribution >= 0.6 is 0 Å². The molecule has 0 saturated heterocycles. The van der Waals surface area contributed by atoms with Crippen molar-refractivity contribution in [3.63, 3.8) is 0 Å².